The summed E-state index contributed by atoms with van der Waals surface area (Å²) in [4.78, 5) is 5.34. The maximum atomic E-state index is 7.10. The fraction of sp³-hybridized carbons (Fsp3) is 0.0167. The second-order valence-electron chi connectivity index (χ2n) is 16.2. The van der Waals surface area contributed by atoms with E-state index in [0.29, 0.717) is 17.2 Å². The predicted molar refractivity (Wildman–Crippen MR) is 255 cm³/mol. The van der Waals surface area contributed by atoms with Crippen LogP contribution in [0.5, 0.6) is 23.0 Å². The Morgan fingerprint density at radius 2 is 0.810 bits per heavy atom. The van der Waals surface area contributed by atoms with Crippen LogP contribution in [0, 0.1) is 0 Å². The van der Waals surface area contributed by atoms with Gasteiger partial charge in [-0.05, 0) is 91.5 Å². The second kappa shape index (κ2) is 15.0. The number of nitrogens with zero attached hydrogens (tertiary/aromatic N) is 1. The van der Waals surface area contributed by atoms with Crippen molar-refractivity contribution in [3.63, 3.8) is 0 Å². The molecular weight excluding hydrogens is 767 g/mol. The Hall–Kier alpha value is -8.27. The molecule has 0 spiro atoms. The third-order valence-corrected chi connectivity index (χ3v) is 12.6. The molecule has 0 bridgehead atoms. The van der Waals surface area contributed by atoms with Gasteiger partial charge in [0.15, 0.2) is 23.0 Å². The van der Waals surface area contributed by atoms with Crippen LogP contribution in [0.15, 0.2) is 237 Å². The Kier molecular flexibility index (Phi) is 8.72. The quantitative estimate of drug-likeness (QED) is 0.161. The first kappa shape index (κ1) is 36.6. The van der Waals surface area contributed by atoms with Gasteiger partial charge in [-0.2, -0.15) is 0 Å². The number of ether oxygens (including phenoxy) is 2. The van der Waals surface area contributed by atoms with Crippen LogP contribution in [-0.2, 0) is 5.41 Å². The standard InChI is InChI=1S/C60H39NO2/c1-5-17-40(18-6-1)41-29-31-42(32-30-41)45-37-53(43-19-7-2-8-20-43)61-54(38-45)49-26-14-13-25-48(49)44-33-35-55-57(39-44)63-59-56(62-55)36-34-52-58(59)50-27-15-16-28-51(50)60(52,46-21-9-3-10-22-46)47-23-11-4-12-24-47/h1-39H. The van der Waals surface area contributed by atoms with Gasteiger partial charge in [0.25, 0.3) is 0 Å². The second-order valence-corrected chi connectivity index (χ2v) is 16.2. The Labute approximate surface area is 367 Å². The van der Waals surface area contributed by atoms with E-state index in [1.54, 1.807) is 0 Å². The van der Waals surface area contributed by atoms with Crippen LogP contribution in [0.2, 0.25) is 0 Å². The summed E-state index contributed by atoms with van der Waals surface area (Å²) in [6.45, 7) is 0. The monoisotopic (exact) mass is 805 g/mol. The first-order chi connectivity index (χ1) is 31.2. The van der Waals surface area contributed by atoms with E-state index in [-0.39, 0.29) is 0 Å². The molecule has 2 aliphatic rings. The van der Waals surface area contributed by atoms with Crippen LogP contribution < -0.4 is 9.47 Å². The molecule has 2 heterocycles. The number of fused-ring (bicyclic) bond motifs is 6. The van der Waals surface area contributed by atoms with Crippen molar-refractivity contribution < 1.29 is 9.47 Å². The summed E-state index contributed by atoms with van der Waals surface area (Å²) in [6, 6.07) is 83.6. The molecule has 1 aliphatic carbocycles. The van der Waals surface area contributed by atoms with Crippen LogP contribution in [0.1, 0.15) is 22.3 Å². The van der Waals surface area contributed by atoms with Crippen LogP contribution in [-0.4, -0.2) is 4.98 Å². The third-order valence-electron chi connectivity index (χ3n) is 12.6. The summed E-state index contributed by atoms with van der Waals surface area (Å²) in [5, 5.41) is 0. The number of benzene rings is 9. The van der Waals surface area contributed by atoms with Gasteiger partial charge in [-0.3, -0.25) is 0 Å². The van der Waals surface area contributed by atoms with Crippen LogP contribution in [0.3, 0.4) is 0 Å². The molecule has 1 aromatic heterocycles. The van der Waals surface area contributed by atoms with Crippen molar-refractivity contribution in [1.29, 1.82) is 0 Å². The minimum absolute atomic E-state index is 0.544. The lowest BCUT2D eigenvalue weighted by atomic mass is 9.68. The molecule has 0 atom stereocenters. The molecule has 0 amide bonds. The summed E-state index contributed by atoms with van der Waals surface area (Å²) in [5.41, 5.74) is 17.0. The molecule has 296 valence electrons. The van der Waals surface area contributed by atoms with E-state index >= 15 is 0 Å². The molecule has 12 rings (SSSR count). The normalized spacial score (nSPS) is 12.8. The van der Waals surface area contributed by atoms with E-state index in [0.717, 1.165) is 61.6 Å². The van der Waals surface area contributed by atoms with Gasteiger partial charge in [0.2, 0.25) is 0 Å². The van der Waals surface area contributed by atoms with Crippen LogP contribution in [0.4, 0.5) is 0 Å². The van der Waals surface area contributed by atoms with Crippen molar-refractivity contribution in [1.82, 2.24) is 4.98 Å². The minimum Gasteiger partial charge on any atom is -0.449 e. The van der Waals surface area contributed by atoms with Gasteiger partial charge < -0.3 is 9.47 Å². The van der Waals surface area contributed by atoms with Gasteiger partial charge in [-0.15, -0.1) is 0 Å². The predicted octanol–water partition coefficient (Wildman–Crippen LogP) is 15.7. The SMILES string of the molecule is c1ccc(-c2ccc(-c3cc(-c4ccccc4)nc(-c4ccccc4-c4ccc5c(c4)Oc4c(ccc6c4-c4ccccc4C6(c4ccccc4)c4ccccc4)O5)c3)cc2)cc1. The summed E-state index contributed by atoms with van der Waals surface area (Å²) in [7, 11) is 0. The van der Waals surface area contributed by atoms with E-state index in [4.69, 9.17) is 14.5 Å². The zero-order chi connectivity index (χ0) is 41.7. The average molecular weight is 806 g/mol. The molecule has 3 nitrogen and oxygen atoms in total. The molecule has 1 aliphatic heterocycles. The van der Waals surface area contributed by atoms with Crippen molar-refractivity contribution in [2.75, 3.05) is 0 Å². The zero-order valence-electron chi connectivity index (χ0n) is 34.3. The van der Waals surface area contributed by atoms with Crippen molar-refractivity contribution in [2.24, 2.45) is 0 Å². The van der Waals surface area contributed by atoms with Crippen molar-refractivity contribution >= 4 is 0 Å². The Bertz CT molecular complexity index is 3270. The Morgan fingerprint density at radius 1 is 0.302 bits per heavy atom. The number of pyridine rings is 1. The molecule has 0 saturated carbocycles. The van der Waals surface area contributed by atoms with Crippen molar-refractivity contribution in [3.8, 4) is 90.0 Å². The summed E-state index contributed by atoms with van der Waals surface area (Å²) in [5.74, 6) is 2.78. The maximum Gasteiger partial charge on any atom is 0.178 e. The van der Waals surface area contributed by atoms with E-state index in [1.807, 2.05) is 12.1 Å². The van der Waals surface area contributed by atoms with Gasteiger partial charge in [0, 0.05) is 16.7 Å². The first-order valence-electron chi connectivity index (χ1n) is 21.4. The first-order valence-corrected chi connectivity index (χ1v) is 21.4. The fourth-order valence-corrected chi connectivity index (χ4v) is 9.77. The van der Waals surface area contributed by atoms with E-state index in [9.17, 15) is 0 Å². The van der Waals surface area contributed by atoms with Crippen molar-refractivity contribution in [3.05, 3.63) is 259 Å². The molecule has 63 heavy (non-hydrogen) atoms. The number of hydrogen-bond acceptors (Lipinski definition) is 3. The van der Waals surface area contributed by atoms with Gasteiger partial charge in [0.1, 0.15) is 0 Å². The largest absolute Gasteiger partial charge is 0.449 e. The summed E-state index contributed by atoms with van der Waals surface area (Å²) >= 11 is 0. The van der Waals surface area contributed by atoms with Crippen LogP contribution >= 0.6 is 0 Å². The zero-order valence-corrected chi connectivity index (χ0v) is 34.3. The third kappa shape index (κ3) is 6.08. The highest BCUT2D eigenvalue weighted by atomic mass is 16.6. The lowest BCUT2D eigenvalue weighted by Crippen LogP contribution is -2.28. The lowest BCUT2D eigenvalue weighted by Gasteiger charge is -2.34. The minimum atomic E-state index is -0.544. The number of hydrogen-bond donors (Lipinski definition) is 0. The summed E-state index contributed by atoms with van der Waals surface area (Å²) < 4.78 is 13.8. The topological polar surface area (TPSA) is 31.4 Å². The van der Waals surface area contributed by atoms with Gasteiger partial charge in [-0.25, -0.2) is 4.98 Å². The number of aromatic nitrogens is 1. The lowest BCUT2D eigenvalue weighted by molar-refractivity contribution is 0.360. The molecular formula is C60H39NO2. The van der Waals surface area contributed by atoms with Gasteiger partial charge in [-0.1, -0.05) is 206 Å². The molecule has 0 saturated heterocycles. The molecule has 3 heteroatoms. The summed E-state index contributed by atoms with van der Waals surface area (Å²) in [6.07, 6.45) is 0. The molecule has 10 aromatic rings. The Morgan fingerprint density at radius 3 is 1.49 bits per heavy atom. The highest BCUT2D eigenvalue weighted by Crippen LogP contribution is 2.62. The molecule has 9 aromatic carbocycles. The van der Waals surface area contributed by atoms with Gasteiger partial charge >= 0.3 is 0 Å². The molecule has 0 unspecified atom stereocenters. The Balaban J connectivity index is 0.968. The van der Waals surface area contributed by atoms with Crippen LogP contribution in [0.25, 0.3) is 67.0 Å². The molecule has 0 fully saturated rings. The molecule has 0 N–H and O–H groups in total. The molecule has 0 radical (unpaired) electrons. The van der Waals surface area contributed by atoms with E-state index in [1.165, 1.54) is 33.4 Å². The maximum absolute atomic E-state index is 7.10. The van der Waals surface area contributed by atoms with Gasteiger partial charge in [0.05, 0.1) is 16.8 Å². The van der Waals surface area contributed by atoms with E-state index in [2.05, 4.69) is 224 Å². The fourth-order valence-electron chi connectivity index (χ4n) is 9.77. The smallest absolute Gasteiger partial charge is 0.178 e. The average Bonchev–Trinajstić information content (AvgIpc) is 3.68. The highest BCUT2D eigenvalue weighted by molar-refractivity contribution is 5.92. The van der Waals surface area contributed by atoms with Crippen molar-refractivity contribution in [2.45, 2.75) is 5.41 Å². The van der Waals surface area contributed by atoms with E-state index < -0.39 is 5.41 Å². The number of rotatable bonds is 7. The highest BCUT2D eigenvalue weighted by Gasteiger charge is 2.48.